The van der Waals surface area contributed by atoms with Gasteiger partial charge in [0.25, 0.3) is 10.0 Å². The average Bonchev–Trinajstić information content (AvgIpc) is 2.89. The van der Waals surface area contributed by atoms with Crippen LogP contribution in [0.4, 0.5) is 5.69 Å². The molecule has 0 aromatic heterocycles. The lowest BCUT2D eigenvalue weighted by molar-refractivity contribution is 0.477. The Morgan fingerprint density at radius 1 is 1.05 bits per heavy atom. The number of nitrogens with one attached hydrogen (secondary N) is 1. The maximum absolute atomic E-state index is 12.4. The lowest BCUT2D eigenvalue weighted by Crippen LogP contribution is -2.13. The van der Waals surface area contributed by atoms with Gasteiger partial charge < -0.3 is 5.11 Å². The number of benzene rings is 2. The molecule has 4 nitrogen and oxygen atoms in total. The van der Waals surface area contributed by atoms with E-state index in [0.29, 0.717) is 0 Å². The number of phenols is 1. The van der Waals surface area contributed by atoms with Crippen molar-refractivity contribution in [2.24, 2.45) is 0 Å². The number of aromatic hydroxyl groups is 1. The number of rotatable bonds is 3. The van der Waals surface area contributed by atoms with Crippen molar-refractivity contribution in [3.8, 4) is 5.75 Å². The first-order valence-electron chi connectivity index (χ1n) is 6.90. The van der Waals surface area contributed by atoms with E-state index in [-0.39, 0.29) is 16.3 Å². The molecule has 0 heterocycles. The van der Waals surface area contributed by atoms with Gasteiger partial charge in [-0.25, -0.2) is 8.42 Å². The molecule has 0 radical (unpaired) electrons. The summed E-state index contributed by atoms with van der Waals surface area (Å²) in [5.74, 6) is -0.0697. The van der Waals surface area contributed by atoms with Gasteiger partial charge >= 0.3 is 0 Å². The van der Waals surface area contributed by atoms with Crippen molar-refractivity contribution in [3.05, 3.63) is 53.1 Å². The van der Waals surface area contributed by atoms with Crippen LogP contribution in [0.3, 0.4) is 0 Å². The molecule has 110 valence electrons. The minimum Gasteiger partial charge on any atom is -0.506 e. The summed E-state index contributed by atoms with van der Waals surface area (Å²) >= 11 is 0. The normalized spacial score (nSPS) is 14.0. The molecule has 21 heavy (non-hydrogen) atoms. The Balaban J connectivity index is 1.93. The summed E-state index contributed by atoms with van der Waals surface area (Å²) in [4.78, 5) is 0.239. The molecular formula is C16H17NO3S. The van der Waals surface area contributed by atoms with E-state index in [1.54, 1.807) is 24.3 Å². The number of sulfonamides is 1. The van der Waals surface area contributed by atoms with Gasteiger partial charge in [-0.2, -0.15) is 0 Å². The molecule has 1 aliphatic rings. The first kappa shape index (κ1) is 13.9. The van der Waals surface area contributed by atoms with E-state index in [9.17, 15) is 13.5 Å². The summed E-state index contributed by atoms with van der Waals surface area (Å²) in [7, 11) is -3.68. The maximum atomic E-state index is 12.4. The third-order valence-electron chi connectivity index (χ3n) is 3.78. The zero-order valence-electron chi connectivity index (χ0n) is 11.8. The molecule has 0 bridgehead atoms. The SMILES string of the molecule is Cc1ccc(NS(=O)(=O)c2ccc3c(c2)CCC3)c(O)c1. The molecule has 0 amide bonds. The van der Waals surface area contributed by atoms with Crippen LogP contribution in [0.25, 0.3) is 0 Å². The number of hydrogen-bond donors (Lipinski definition) is 2. The smallest absolute Gasteiger partial charge is 0.262 e. The van der Waals surface area contributed by atoms with Crippen LogP contribution < -0.4 is 4.72 Å². The molecule has 0 unspecified atom stereocenters. The van der Waals surface area contributed by atoms with Crippen LogP contribution in [-0.4, -0.2) is 13.5 Å². The fourth-order valence-corrected chi connectivity index (χ4v) is 3.77. The summed E-state index contributed by atoms with van der Waals surface area (Å²) in [6.07, 6.45) is 3.02. The first-order valence-corrected chi connectivity index (χ1v) is 8.38. The maximum Gasteiger partial charge on any atom is 0.262 e. The second-order valence-electron chi connectivity index (χ2n) is 5.41. The van der Waals surface area contributed by atoms with Gasteiger partial charge in [-0.1, -0.05) is 12.1 Å². The zero-order valence-corrected chi connectivity index (χ0v) is 12.6. The lowest BCUT2D eigenvalue weighted by atomic mass is 10.1. The predicted molar refractivity (Wildman–Crippen MR) is 82.1 cm³/mol. The number of hydrogen-bond acceptors (Lipinski definition) is 3. The van der Waals surface area contributed by atoms with Crippen LogP contribution in [0, 0.1) is 6.92 Å². The highest BCUT2D eigenvalue weighted by atomic mass is 32.2. The van der Waals surface area contributed by atoms with E-state index in [4.69, 9.17) is 0 Å². The second kappa shape index (κ2) is 5.07. The zero-order chi connectivity index (χ0) is 15.0. The van der Waals surface area contributed by atoms with E-state index in [1.807, 2.05) is 13.0 Å². The molecule has 0 aliphatic heterocycles. The van der Waals surface area contributed by atoms with Crippen molar-refractivity contribution in [3.63, 3.8) is 0 Å². The number of fused-ring (bicyclic) bond motifs is 1. The van der Waals surface area contributed by atoms with Gasteiger partial charge in [-0.15, -0.1) is 0 Å². The Labute approximate surface area is 124 Å². The topological polar surface area (TPSA) is 66.4 Å². The molecular weight excluding hydrogens is 286 g/mol. The van der Waals surface area contributed by atoms with Crippen LogP contribution in [-0.2, 0) is 22.9 Å². The number of anilines is 1. The summed E-state index contributed by atoms with van der Waals surface area (Å²) in [5, 5.41) is 9.83. The molecule has 2 aromatic carbocycles. The van der Waals surface area contributed by atoms with Crippen molar-refractivity contribution in [1.29, 1.82) is 0 Å². The van der Waals surface area contributed by atoms with Crippen molar-refractivity contribution in [2.45, 2.75) is 31.1 Å². The average molecular weight is 303 g/mol. The highest BCUT2D eigenvalue weighted by molar-refractivity contribution is 7.92. The van der Waals surface area contributed by atoms with Gasteiger partial charge in [-0.05, 0) is 67.1 Å². The second-order valence-corrected chi connectivity index (χ2v) is 7.09. The number of phenolic OH excluding ortho intramolecular Hbond substituents is 1. The minimum absolute atomic E-state index is 0.0697. The quantitative estimate of drug-likeness (QED) is 0.857. The summed E-state index contributed by atoms with van der Waals surface area (Å²) in [6.45, 7) is 1.83. The molecule has 3 rings (SSSR count). The van der Waals surface area contributed by atoms with Crippen LogP contribution in [0.1, 0.15) is 23.1 Å². The Kier molecular flexibility index (Phi) is 3.37. The van der Waals surface area contributed by atoms with Gasteiger partial charge in [-0.3, -0.25) is 4.72 Å². The van der Waals surface area contributed by atoms with E-state index in [1.165, 1.54) is 11.6 Å². The van der Waals surface area contributed by atoms with Crippen molar-refractivity contribution < 1.29 is 13.5 Å². The fourth-order valence-electron chi connectivity index (χ4n) is 2.65. The Morgan fingerprint density at radius 2 is 1.81 bits per heavy atom. The fraction of sp³-hybridized carbons (Fsp3) is 0.250. The number of aryl methyl sites for hydroxylation is 3. The van der Waals surface area contributed by atoms with Gasteiger partial charge in [0.15, 0.2) is 0 Å². The third-order valence-corrected chi connectivity index (χ3v) is 5.14. The van der Waals surface area contributed by atoms with Crippen LogP contribution in [0.5, 0.6) is 5.75 Å². The van der Waals surface area contributed by atoms with Gasteiger partial charge in [0.05, 0.1) is 10.6 Å². The molecule has 0 saturated carbocycles. The van der Waals surface area contributed by atoms with Crippen LogP contribution in [0.2, 0.25) is 0 Å². The Morgan fingerprint density at radius 3 is 2.57 bits per heavy atom. The molecule has 2 N–H and O–H groups in total. The Bertz CT molecular complexity index is 797. The standard InChI is InChI=1S/C16H17NO3S/c1-11-5-8-15(16(18)9-11)17-21(19,20)14-7-6-12-3-2-4-13(12)10-14/h5-10,17-18H,2-4H2,1H3. The van der Waals surface area contributed by atoms with E-state index in [0.717, 1.165) is 30.4 Å². The van der Waals surface area contributed by atoms with E-state index < -0.39 is 10.0 Å². The molecule has 5 heteroatoms. The van der Waals surface area contributed by atoms with Gasteiger partial charge in [0.2, 0.25) is 0 Å². The molecule has 0 saturated heterocycles. The molecule has 2 aromatic rings. The van der Waals surface area contributed by atoms with E-state index >= 15 is 0 Å². The molecule has 0 fully saturated rings. The van der Waals surface area contributed by atoms with Crippen molar-refractivity contribution in [2.75, 3.05) is 4.72 Å². The van der Waals surface area contributed by atoms with Gasteiger partial charge in [0.1, 0.15) is 5.75 Å². The van der Waals surface area contributed by atoms with Crippen molar-refractivity contribution >= 4 is 15.7 Å². The monoisotopic (exact) mass is 303 g/mol. The third kappa shape index (κ3) is 2.74. The van der Waals surface area contributed by atoms with Gasteiger partial charge in [0, 0.05) is 0 Å². The lowest BCUT2D eigenvalue weighted by Gasteiger charge is -2.11. The highest BCUT2D eigenvalue weighted by Gasteiger charge is 2.19. The molecule has 1 aliphatic carbocycles. The van der Waals surface area contributed by atoms with Crippen LogP contribution >= 0.6 is 0 Å². The van der Waals surface area contributed by atoms with Crippen LogP contribution in [0.15, 0.2) is 41.3 Å². The Hall–Kier alpha value is -2.01. The summed E-state index contributed by atoms with van der Waals surface area (Å²) < 4.78 is 27.3. The minimum atomic E-state index is -3.68. The highest BCUT2D eigenvalue weighted by Crippen LogP contribution is 2.29. The largest absolute Gasteiger partial charge is 0.506 e. The molecule has 0 spiro atoms. The summed E-state index contributed by atoms with van der Waals surface area (Å²) in [6, 6.07) is 10.1. The summed E-state index contributed by atoms with van der Waals surface area (Å²) in [5.41, 5.74) is 3.40. The van der Waals surface area contributed by atoms with E-state index in [2.05, 4.69) is 4.72 Å². The predicted octanol–water partition coefficient (Wildman–Crippen LogP) is 2.99. The van der Waals surface area contributed by atoms with Crippen molar-refractivity contribution in [1.82, 2.24) is 0 Å². The first-order chi connectivity index (χ1) is 9.95. The molecule has 0 atom stereocenters.